The number of thiophene rings is 1. The summed E-state index contributed by atoms with van der Waals surface area (Å²) in [5, 5.41) is 3.27. The van der Waals surface area contributed by atoms with Crippen molar-refractivity contribution in [2.75, 3.05) is 14.2 Å². The van der Waals surface area contributed by atoms with Crippen molar-refractivity contribution in [3.63, 3.8) is 0 Å². The number of hydrogen-bond donors (Lipinski definition) is 0. The second-order valence-electron chi connectivity index (χ2n) is 2.65. The average Bonchev–Trinajstić information content (AvgIpc) is 2.65. The Bertz CT molecular complexity index is 259. The lowest BCUT2D eigenvalue weighted by molar-refractivity contribution is -0.168. The number of rotatable bonds is 4. The van der Waals surface area contributed by atoms with E-state index in [0.717, 1.165) is 6.42 Å². The van der Waals surface area contributed by atoms with Crippen molar-refractivity contribution in [3.05, 3.63) is 22.4 Å². The first-order valence-corrected chi connectivity index (χ1v) is 4.95. The van der Waals surface area contributed by atoms with Crippen LogP contribution in [-0.4, -0.2) is 25.1 Å². The predicted octanol–water partition coefficient (Wildman–Crippen LogP) is 1.70. The average molecular weight is 199 g/mol. The smallest absolute Gasteiger partial charge is 0.246 e. The minimum absolute atomic E-state index is 0.0101. The summed E-state index contributed by atoms with van der Waals surface area (Å²) in [4.78, 5) is 17.3. The Morgan fingerprint density at radius 1 is 1.69 bits per heavy atom. The van der Waals surface area contributed by atoms with Crippen molar-refractivity contribution in [3.8, 4) is 0 Å². The van der Waals surface area contributed by atoms with Crippen LogP contribution in [0.15, 0.2) is 17.5 Å². The first-order chi connectivity index (χ1) is 6.24. The molecule has 0 saturated heterocycles. The second kappa shape index (κ2) is 4.99. The highest BCUT2D eigenvalue weighted by Gasteiger charge is 2.07. The van der Waals surface area contributed by atoms with E-state index in [1.165, 1.54) is 17.1 Å². The van der Waals surface area contributed by atoms with Gasteiger partial charge in [-0.15, -0.1) is 11.3 Å². The van der Waals surface area contributed by atoms with Gasteiger partial charge in [-0.25, -0.2) is 5.06 Å². The number of carbonyl (C=O) groups is 1. The molecule has 0 N–H and O–H groups in total. The Hall–Kier alpha value is -0.870. The molecular formula is C9H13NO2S. The highest BCUT2D eigenvalue weighted by molar-refractivity contribution is 7.09. The fraction of sp³-hybridized carbons (Fsp3) is 0.444. The van der Waals surface area contributed by atoms with Crippen LogP contribution in [0.5, 0.6) is 0 Å². The number of aryl methyl sites for hydroxylation is 1. The van der Waals surface area contributed by atoms with Gasteiger partial charge in [-0.1, -0.05) is 6.07 Å². The molecule has 1 amide bonds. The normalized spacial score (nSPS) is 10.0. The van der Waals surface area contributed by atoms with Crippen LogP contribution in [-0.2, 0) is 16.1 Å². The minimum atomic E-state index is 0.0101. The highest BCUT2D eigenvalue weighted by atomic mass is 32.1. The van der Waals surface area contributed by atoms with Gasteiger partial charge in [0.1, 0.15) is 0 Å². The van der Waals surface area contributed by atoms with Crippen LogP contribution in [0.4, 0.5) is 0 Å². The first kappa shape index (κ1) is 10.2. The van der Waals surface area contributed by atoms with Crippen molar-refractivity contribution in [1.29, 1.82) is 0 Å². The fourth-order valence-electron chi connectivity index (χ4n) is 0.944. The van der Waals surface area contributed by atoms with Gasteiger partial charge in [0.15, 0.2) is 0 Å². The van der Waals surface area contributed by atoms with Gasteiger partial charge in [0, 0.05) is 18.3 Å². The number of carbonyl (C=O) groups excluding carboxylic acids is 1. The second-order valence-corrected chi connectivity index (χ2v) is 3.69. The third kappa shape index (κ3) is 3.16. The molecule has 0 aliphatic carbocycles. The van der Waals surface area contributed by atoms with E-state index in [0.29, 0.717) is 6.42 Å². The maximum atomic E-state index is 11.3. The predicted molar refractivity (Wildman–Crippen MR) is 52.4 cm³/mol. The van der Waals surface area contributed by atoms with Crippen molar-refractivity contribution in [1.82, 2.24) is 5.06 Å². The molecule has 0 atom stereocenters. The molecule has 0 aliphatic rings. The summed E-state index contributed by atoms with van der Waals surface area (Å²) >= 11 is 1.67. The summed E-state index contributed by atoms with van der Waals surface area (Å²) in [6.07, 6.45) is 1.30. The number of amides is 1. The standard InChI is InChI=1S/C9H13NO2S/c1-10(12-2)9(11)6-5-8-4-3-7-13-8/h3-4,7H,5-6H2,1-2H3. The van der Waals surface area contributed by atoms with Gasteiger partial charge in [-0.3, -0.25) is 9.63 Å². The van der Waals surface area contributed by atoms with E-state index in [2.05, 4.69) is 0 Å². The third-order valence-electron chi connectivity index (χ3n) is 1.79. The lowest BCUT2D eigenvalue weighted by Crippen LogP contribution is -2.25. The van der Waals surface area contributed by atoms with Gasteiger partial charge in [-0.2, -0.15) is 0 Å². The van der Waals surface area contributed by atoms with Gasteiger partial charge in [0.2, 0.25) is 5.91 Å². The van der Waals surface area contributed by atoms with Gasteiger partial charge in [0.05, 0.1) is 7.11 Å². The van der Waals surface area contributed by atoms with Crippen LogP contribution >= 0.6 is 11.3 Å². The van der Waals surface area contributed by atoms with E-state index in [9.17, 15) is 4.79 Å². The summed E-state index contributed by atoms with van der Waals surface area (Å²) in [7, 11) is 3.11. The summed E-state index contributed by atoms with van der Waals surface area (Å²) in [5.74, 6) is 0.0101. The van der Waals surface area contributed by atoms with Gasteiger partial charge >= 0.3 is 0 Å². The molecule has 0 unspecified atom stereocenters. The Balaban J connectivity index is 2.31. The molecular weight excluding hydrogens is 186 g/mol. The Labute approximate surface area is 81.9 Å². The molecule has 0 radical (unpaired) electrons. The molecule has 0 spiro atoms. The zero-order valence-electron chi connectivity index (χ0n) is 7.82. The minimum Gasteiger partial charge on any atom is -0.275 e. The molecule has 72 valence electrons. The van der Waals surface area contributed by atoms with E-state index in [1.54, 1.807) is 18.4 Å². The summed E-state index contributed by atoms with van der Waals surface area (Å²) in [6.45, 7) is 0. The lowest BCUT2D eigenvalue weighted by atomic mass is 10.2. The van der Waals surface area contributed by atoms with Crippen LogP contribution in [0.25, 0.3) is 0 Å². The maximum Gasteiger partial charge on any atom is 0.246 e. The largest absolute Gasteiger partial charge is 0.275 e. The maximum absolute atomic E-state index is 11.3. The Kier molecular flexibility index (Phi) is 3.92. The van der Waals surface area contributed by atoms with Crippen LogP contribution in [0.2, 0.25) is 0 Å². The van der Waals surface area contributed by atoms with E-state index >= 15 is 0 Å². The van der Waals surface area contributed by atoms with Crippen LogP contribution in [0, 0.1) is 0 Å². The van der Waals surface area contributed by atoms with Crippen LogP contribution < -0.4 is 0 Å². The van der Waals surface area contributed by atoms with E-state index in [-0.39, 0.29) is 5.91 Å². The SMILES string of the molecule is CON(C)C(=O)CCc1cccs1. The highest BCUT2D eigenvalue weighted by Crippen LogP contribution is 2.11. The van der Waals surface area contributed by atoms with Gasteiger partial charge in [-0.05, 0) is 17.9 Å². The molecule has 0 aromatic carbocycles. The van der Waals surface area contributed by atoms with Crippen molar-refractivity contribution >= 4 is 17.2 Å². The molecule has 0 bridgehead atoms. The number of hydroxylamine groups is 2. The summed E-state index contributed by atoms with van der Waals surface area (Å²) < 4.78 is 0. The molecule has 0 fully saturated rings. The molecule has 1 heterocycles. The fourth-order valence-corrected chi connectivity index (χ4v) is 1.65. The summed E-state index contributed by atoms with van der Waals surface area (Å²) in [6, 6.07) is 4.02. The molecule has 0 aliphatic heterocycles. The molecule has 0 saturated carbocycles. The topological polar surface area (TPSA) is 29.5 Å². The quantitative estimate of drug-likeness (QED) is 0.691. The van der Waals surface area contributed by atoms with Crippen LogP contribution in [0.3, 0.4) is 0 Å². The Morgan fingerprint density at radius 2 is 2.46 bits per heavy atom. The van der Waals surface area contributed by atoms with E-state index in [4.69, 9.17) is 4.84 Å². The first-order valence-electron chi connectivity index (χ1n) is 4.07. The Morgan fingerprint density at radius 3 is 3.00 bits per heavy atom. The van der Waals surface area contributed by atoms with E-state index < -0.39 is 0 Å². The zero-order valence-corrected chi connectivity index (χ0v) is 8.63. The monoisotopic (exact) mass is 199 g/mol. The van der Waals surface area contributed by atoms with E-state index in [1.807, 2.05) is 17.5 Å². The van der Waals surface area contributed by atoms with Crippen molar-refractivity contribution < 1.29 is 9.63 Å². The van der Waals surface area contributed by atoms with Gasteiger partial charge in [0.25, 0.3) is 0 Å². The van der Waals surface area contributed by atoms with Crippen LogP contribution in [0.1, 0.15) is 11.3 Å². The molecule has 13 heavy (non-hydrogen) atoms. The molecule has 1 rings (SSSR count). The van der Waals surface area contributed by atoms with Gasteiger partial charge < -0.3 is 0 Å². The summed E-state index contributed by atoms with van der Waals surface area (Å²) in [5.41, 5.74) is 0. The lowest BCUT2D eigenvalue weighted by Gasteiger charge is -2.12. The molecule has 4 heteroatoms. The zero-order chi connectivity index (χ0) is 9.68. The molecule has 1 aromatic rings. The molecule has 3 nitrogen and oxygen atoms in total. The molecule has 1 aromatic heterocycles. The number of nitrogens with zero attached hydrogens (tertiary/aromatic N) is 1. The third-order valence-corrected chi connectivity index (χ3v) is 2.73. The van der Waals surface area contributed by atoms with Crippen molar-refractivity contribution in [2.24, 2.45) is 0 Å². The van der Waals surface area contributed by atoms with Crippen molar-refractivity contribution in [2.45, 2.75) is 12.8 Å². The number of hydrogen-bond acceptors (Lipinski definition) is 3.